The Morgan fingerprint density at radius 3 is 2.39 bits per heavy atom. The van der Waals surface area contributed by atoms with Gasteiger partial charge in [0, 0.05) is 0 Å². The summed E-state index contributed by atoms with van der Waals surface area (Å²) in [5.74, 6) is -8.51. The summed E-state index contributed by atoms with van der Waals surface area (Å²) < 4.78 is 51.5. The SMILES string of the molecule is CC(C)CONC(=O)c1cc(F)c(F)c(F)c1F. The molecule has 1 rings (SSSR count). The second-order valence-corrected chi connectivity index (χ2v) is 3.98. The first-order chi connectivity index (χ1) is 8.34. The number of amides is 1. The molecule has 0 saturated heterocycles. The first-order valence-electron chi connectivity index (χ1n) is 5.09. The summed E-state index contributed by atoms with van der Waals surface area (Å²) >= 11 is 0. The molecular formula is C11H11F4NO2. The second-order valence-electron chi connectivity index (χ2n) is 3.98. The Balaban J connectivity index is 2.87. The van der Waals surface area contributed by atoms with Crippen molar-refractivity contribution in [2.75, 3.05) is 6.61 Å². The number of halogens is 4. The van der Waals surface area contributed by atoms with Crippen LogP contribution < -0.4 is 5.48 Å². The van der Waals surface area contributed by atoms with Crippen molar-refractivity contribution in [2.45, 2.75) is 13.8 Å². The molecule has 1 aromatic carbocycles. The lowest BCUT2D eigenvalue weighted by molar-refractivity contribution is 0.0204. The van der Waals surface area contributed by atoms with Crippen molar-refractivity contribution < 1.29 is 27.2 Å². The number of hydrogen-bond donors (Lipinski definition) is 1. The Hall–Kier alpha value is -1.63. The molecule has 0 aliphatic rings. The lowest BCUT2D eigenvalue weighted by Crippen LogP contribution is -2.27. The minimum Gasteiger partial charge on any atom is -0.273 e. The largest absolute Gasteiger partial charge is 0.278 e. The number of carbonyl (C=O) groups is 1. The maximum atomic E-state index is 13.2. The zero-order chi connectivity index (χ0) is 13.9. The van der Waals surface area contributed by atoms with Gasteiger partial charge in [0.1, 0.15) is 0 Å². The van der Waals surface area contributed by atoms with Gasteiger partial charge in [0.2, 0.25) is 0 Å². The average Bonchev–Trinajstić information content (AvgIpc) is 2.30. The monoisotopic (exact) mass is 265 g/mol. The van der Waals surface area contributed by atoms with Crippen LogP contribution in [0.3, 0.4) is 0 Å². The predicted molar refractivity (Wildman–Crippen MR) is 54.5 cm³/mol. The molecule has 0 aliphatic carbocycles. The molecule has 1 aromatic rings. The highest BCUT2D eigenvalue weighted by atomic mass is 19.2. The van der Waals surface area contributed by atoms with Gasteiger partial charge in [0.25, 0.3) is 5.91 Å². The van der Waals surface area contributed by atoms with Gasteiger partial charge in [-0.05, 0) is 12.0 Å². The van der Waals surface area contributed by atoms with E-state index in [0.29, 0.717) is 0 Å². The van der Waals surface area contributed by atoms with E-state index in [-0.39, 0.29) is 18.6 Å². The number of nitrogens with one attached hydrogen (secondary N) is 1. The molecule has 0 aliphatic heterocycles. The minimum atomic E-state index is -2.04. The van der Waals surface area contributed by atoms with Crippen LogP contribution in [0.4, 0.5) is 17.6 Å². The van der Waals surface area contributed by atoms with Gasteiger partial charge in [-0.25, -0.2) is 23.0 Å². The van der Waals surface area contributed by atoms with Crippen molar-refractivity contribution in [3.63, 3.8) is 0 Å². The molecule has 18 heavy (non-hydrogen) atoms. The minimum absolute atomic E-state index is 0.0943. The highest BCUT2D eigenvalue weighted by molar-refractivity contribution is 5.93. The van der Waals surface area contributed by atoms with Gasteiger partial charge < -0.3 is 0 Å². The Morgan fingerprint density at radius 2 is 1.83 bits per heavy atom. The molecule has 0 heterocycles. The van der Waals surface area contributed by atoms with Crippen molar-refractivity contribution >= 4 is 5.91 Å². The quantitative estimate of drug-likeness (QED) is 0.393. The Morgan fingerprint density at radius 1 is 1.22 bits per heavy atom. The van der Waals surface area contributed by atoms with E-state index < -0.39 is 34.7 Å². The number of benzene rings is 1. The van der Waals surface area contributed by atoms with E-state index in [4.69, 9.17) is 0 Å². The average molecular weight is 265 g/mol. The number of hydroxylamine groups is 1. The number of carbonyl (C=O) groups excluding carboxylic acids is 1. The van der Waals surface area contributed by atoms with Gasteiger partial charge in [0.15, 0.2) is 23.3 Å². The number of hydrogen-bond acceptors (Lipinski definition) is 2. The molecule has 0 bridgehead atoms. The standard InChI is InChI=1S/C11H11F4NO2/c1-5(2)4-18-16-11(17)6-3-7(12)9(14)10(15)8(6)13/h3,5H,4H2,1-2H3,(H,16,17). The molecular weight excluding hydrogens is 254 g/mol. The van der Waals surface area contributed by atoms with Crippen LogP contribution in [-0.4, -0.2) is 12.5 Å². The van der Waals surface area contributed by atoms with E-state index >= 15 is 0 Å². The van der Waals surface area contributed by atoms with Crippen LogP contribution in [0.15, 0.2) is 6.07 Å². The van der Waals surface area contributed by atoms with Gasteiger partial charge in [-0.15, -0.1) is 0 Å². The molecule has 0 aromatic heterocycles. The lowest BCUT2D eigenvalue weighted by atomic mass is 10.2. The fourth-order valence-corrected chi connectivity index (χ4v) is 1.07. The number of rotatable bonds is 4. The molecule has 0 fully saturated rings. The first kappa shape index (κ1) is 14.4. The summed E-state index contributed by atoms with van der Waals surface area (Å²) in [5.41, 5.74) is 0.847. The van der Waals surface area contributed by atoms with E-state index in [1.807, 2.05) is 5.48 Å². The molecule has 0 unspecified atom stereocenters. The van der Waals surface area contributed by atoms with Crippen LogP contribution in [-0.2, 0) is 4.84 Å². The zero-order valence-electron chi connectivity index (χ0n) is 9.69. The van der Waals surface area contributed by atoms with Crippen LogP contribution in [0.2, 0.25) is 0 Å². The highest BCUT2D eigenvalue weighted by Gasteiger charge is 2.23. The van der Waals surface area contributed by atoms with Crippen LogP contribution in [0.25, 0.3) is 0 Å². The van der Waals surface area contributed by atoms with Crippen molar-refractivity contribution in [3.05, 3.63) is 34.9 Å². The fourth-order valence-electron chi connectivity index (χ4n) is 1.07. The zero-order valence-corrected chi connectivity index (χ0v) is 9.69. The van der Waals surface area contributed by atoms with Crippen molar-refractivity contribution in [1.29, 1.82) is 0 Å². The van der Waals surface area contributed by atoms with Gasteiger partial charge >= 0.3 is 0 Å². The molecule has 1 N–H and O–H groups in total. The molecule has 100 valence electrons. The van der Waals surface area contributed by atoms with Gasteiger partial charge in [0.05, 0.1) is 12.2 Å². The summed E-state index contributed by atoms with van der Waals surface area (Å²) in [5, 5.41) is 0. The topological polar surface area (TPSA) is 38.3 Å². The third-order valence-electron chi connectivity index (χ3n) is 1.93. The Bertz CT molecular complexity index is 463. The molecule has 0 saturated carbocycles. The van der Waals surface area contributed by atoms with Crippen LogP contribution in [0.5, 0.6) is 0 Å². The highest BCUT2D eigenvalue weighted by Crippen LogP contribution is 2.18. The van der Waals surface area contributed by atoms with Gasteiger partial charge in [-0.1, -0.05) is 13.8 Å². The van der Waals surface area contributed by atoms with E-state index in [1.165, 1.54) is 0 Å². The van der Waals surface area contributed by atoms with Crippen molar-refractivity contribution in [2.24, 2.45) is 5.92 Å². The summed E-state index contributed by atoms with van der Waals surface area (Å²) in [6.07, 6.45) is 0. The van der Waals surface area contributed by atoms with E-state index in [1.54, 1.807) is 13.8 Å². The van der Waals surface area contributed by atoms with Crippen LogP contribution >= 0.6 is 0 Å². The summed E-state index contributed by atoms with van der Waals surface area (Å²) in [6, 6.07) is 0.266. The van der Waals surface area contributed by atoms with Crippen molar-refractivity contribution in [3.8, 4) is 0 Å². The molecule has 3 nitrogen and oxygen atoms in total. The smallest absolute Gasteiger partial charge is 0.273 e. The third-order valence-corrected chi connectivity index (χ3v) is 1.93. The molecule has 1 amide bonds. The van der Waals surface area contributed by atoms with Gasteiger partial charge in [-0.3, -0.25) is 9.63 Å². The summed E-state index contributed by atoms with van der Waals surface area (Å²) in [6.45, 7) is 3.73. The predicted octanol–water partition coefficient (Wildman–Crippen LogP) is 2.56. The maximum Gasteiger partial charge on any atom is 0.278 e. The molecule has 7 heteroatoms. The lowest BCUT2D eigenvalue weighted by Gasteiger charge is -2.09. The fraction of sp³-hybridized carbons (Fsp3) is 0.364. The van der Waals surface area contributed by atoms with E-state index in [2.05, 4.69) is 4.84 Å². The van der Waals surface area contributed by atoms with E-state index in [9.17, 15) is 22.4 Å². The normalized spacial score (nSPS) is 10.8. The molecule has 0 spiro atoms. The van der Waals surface area contributed by atoms with Gasteiger partial charge in [-0.2, -0.15) is 0 Å². The van der Waals surface area contributed by atoms with E-state index in [0.717, 1.165) is 0 Å². The van der Waals surface area contributed by atoms with Crippen molar-refractivity contribution in [1.82, 2.24) is 5.48 Å². The Labute approximate surface area is 101 Å². The summed E-state index contributed by atoms with van der Waals surface area (Å²) in [7, 11) is 0. The van der Waals surface area contributed by atoms with Crippen LogP contribution in [0, 0.1) is 29.2 Å². The Kier molecular flexibility index (Phi) is 4.66. The third kappa shape index (κ3) is 3.19. The van der Waals surface area contributed by atoms with Crippen LogP contribution in [0.1, 0.15) is 24.2 Å². The maximum absolute atomic E-state index is 13.2. The molecule has 0 atom stereocenters. The molecule has 0 radical (unpaired) electrons. The first-order valence-corrected chi connectivity index (χ1v) is 5.09. The second kappa shape index (κ2) is 5.81. The summed E-state index contributed by atoms with van der Waals surface area (Å²) in [4.78, 5) is 16.0.